The van der Waals surface area contributed by atoms with Gasteiger partial charge in [0.2, 0.25) is 0 Å². The molecule has 0 aromatic heterocycles. The number of alkyl halides is 4. The van der Waals surface area contributed by atoms with E-state index in [9.17, 15) is 13.2 Å². The van der Waals surface area contributed by atoms with Gasteiger partial charge in [-0.3, -0.25) is 4.74 Å². The summed E-state index contributed by atoms with van der Waals surface area (Å²) >= 11 is 14.6. The standard InChI is InChI=1S/C4Cl3F3O/c5-1-2(6)4(9,10)11-3(1,7)8. The Morgan fingerprint density at radius 2 is 1.55 bits per heavy atom. The molecule has 0 N–H and O–H groups in total. The van der Waals surface area contributed by atoms with Crippen molar-refractivity contribution in [3.63, 3.8) is 0 Å². The van der Waals surface area contributed by atoms with Crippen molar-refractivity contribution in [2.75, 3.05) is 0 Å². The summed E-state index contributed by atoms with van der Waals surface area (Å²) in [7, 11) is 0. The van der Waals surface area contributed by atoms with Gasteiger partial charge < -0.3 is 0 Å². The smallest absolute Gasteiger partial charge is 0.260 e. The lowest BCUT2D eigenvalue weighted by molar-refractivity contribution is -0.246. The Kier molecular flexibility index (Phi) is 2.08. The van der Waals surface area contributed by atoms with Crippen LogP contribution in [0.5, 0.6) is 0 Å². The van der Waals surface area contributed by atoms with E-state index >= 15 is 0 Å². The van der Waals surface area contributed by atoms with Crippen LogP contribution in [0.2, 0.25) is 0 Å². The summed E-state index contributed by atoms with van der Waals surface area (Å²) < 4.78 is 40.5. The van der Waals surface area contributed by atoms with Gasteiger partial charge in [0.25, 0.3) is 0 Å². The van der Waals surface area contributed by atoms with Crippen LogP contribution >= 0.6 is 34.8 Å². The molecule has 0 radical (unpaired) electrons. The average molecular weight is 227 g/mol. The molecule has 0 aromatic rings. The molecule has 0 spiro atoms. The average Bonchev–Trinajstić information content (AvgIpc) is 1.91. The molecule has 0 bridgehead atoms. The number of ether oxygens (including phenoxy) is 1. The summed E-state index contributed by atoms with van der Waals surface area (Å²) in [6.45, 7) is 0. The summed E-state index contributed by atoms with van der Waals surface area (Å²) in [5, 5.41) is -5.47. The molecule has 0 amide bonds. The van der Waals surface area contributed by atoms with Crippen LogP contribution in [-0.4, -0.2) is 11.4 Å². The highest BCUT2D eigenvalue weighted by Gasteiger charge is 2.56. The topological polar surface area (TPSA) is 9.23 Å². The van der Waals surface area contributed by atoms with E-state index in [0.29, 0.717) is 0 Å². The van der Waals surface area contributed by atoms with Crippen molar-refractivity contribution in [3.05, 3.63) is 10.1 Å². The van der Waals surface area contributed by atoms with Gasteiger partial charge in [0.15, 0.2) is 0 Å². The van der Waals surface area contributed by atoms with Crippen molar-refractivity contribution < 1.29 is 17.9 Å². The first kappa shape index (κ1) is 9.45. The van der Waals surface area contributed by atoms with Crippen LogP contribution in [0.4, 0.5) is 13.2 Å². The molecule has 1 rings (SSSR count). The molecule has 64 valence electrons. The SMILES string of the molecule is FC1(F)OC(F)(Cl)C(Cl)=C1Cl. The minimum atomic E-state index is -3.94. The van der Waals surface area contributed by atoms with E-state index in [1.807, 2.05) is 0 Å². The van der Waals surface area contributed by atoms with Crippen LogP contribution in [0.3, 0.4) is 0 Å². The lowest BCUT2D eigenvalue weighted by Crippen LogP contribution is -2.23. The monoisotopic (exact) mass is 226 g/mol. The number of rotatable bonds is 0. The zero-order chi connectivity index (χ0) is 8.86. The van der Waals surface area contributed by atoms with Crippen LogP contribution in [0.25, 0.3) is 0 Å². The third-order valence-corrected chi connectivity index (χ3v) is 2.26. The highest BCUT2D eigenvalue weighted by Crippen LogP contribution is 2.50. The van der Waals surface area contributed by atoms with Gasteiger partial charge in [0, 0.05) is 0 Å². The third kappa shape index (κ3) is 1.45. The van der Waals surface area contributed by atoms with Gasteiger partial charge in [-0.05, 0) is 11.6 Å². The fourth-order valence-electron chi connectivity index (χ4n) is 0.506. The molecule has 0 aliphatic carbocycles. The molecular weight excluding hydrogens is 227 g/mol. The van der Waals surface area contributed by atoms with Crippen molar-refractivity contribution in [2.45, 2.75) is 11.4 Å². The Morgan fingerprint density at radius 3 is 1.64 bits per heavy atom. The molecule has 0 saturated carbocycles. The molecule has 0 saturated heterocycles. The number of hydrogen-bond donors (Lipinski definition) is 0. The maximum Gasteiger partial charge on any atom is 0.398 e. The fourth-order valence-corrected chi connectivity index (χ4v) is 1.05. The van der Waals surface area contributed by atoms with Gasteiger partial charge >= 0.3 is 11.4 Å². The summed E-state index contributed by atoms with van der Waals surface area (Å²) in [4.78, 5) is 0. The van der Waals surface area contributed by atoms with E-state index in [1.165, 1.54) is 0 Å². The van der Waals surface area contributed by atoms with Gasteiger partial charge in [0.1, 0.15) is 10.1 Å². The Morgan fingerprint density at radius 1 is 1.09 bits per heavy atom. The summed E-state index contributed by atoms with van der Waals surface area (Å²) in [5.41, 5.74) is 0. The Labute approximate surface area is 74.7 Å². The Hall–Kier alpha value is 0.360. The molecule has 1 aliphatic rings. The lowest BCUT2D eigenvalue weighted by Gasteiger charge is -2.12. The van der Waals surface area contributed by atoms with Gasteiger partial charge in [-0.15, -0.1) is 0 Å². The Balaban J connectivity index is 3.09. The molecule has 0 fully saturated rings. The largest absolute Gasteiger partial charge is 0.398 e. The normalized spacial score (nSPS) is 36.5. The second kappa shape index (κ2) is 2.42. The summed E-state index contributed by atoms with van der Waals surface area (Å²) in [5.74, 6) is 0. The highest BCUT2D eigenvalue weighted by molar-refractivity contribution is 6.44. The van der Waals surface area contributed by atoms with E-state index < -0.39 is 21.5 Å². The number of hydrogen-bond acceptors (Lipinski definition) is 1. The predicted octanol–water partition coefficient (Wildman–Crippen LogP) is 3.16. The molecule has 1 nitrogen and oxygen atoms in total. The quantitative estimate of drug-likeness (QED) is 0.578. The molecule has 1 aliphatic heterocycles. The third-order valence-electron chi connectivity index (χ3n) is 0.960. The van der Waals surface area contributed by atoms with E-state index in [-0.39, 0.29) is 0 Å². The van der Waals surface area contributed by atoms with E-state index in [1.54, 1.807) is 0 Å². The van der Waals surface area contributed by atoms with Crippen LogP contribution in [0, 0.1) is 0 Å². The molecule has 1 heterocycles. The lowest BCUT2D eigenvalue weighted by atomic mass is 10.5. The van der Waals surface area contributed by atoms with Crippen LogP contribution in [0.15, 0.2) is 10.1 Å². The molecule has 7 heteroatoms. The van der Waals surface area contributed by atoms with Crippen molar-refractivity contribution in [2.24, 2.45) is 0 Å². The first-order valence-corrected chi connectivity index (χ1v) is 3.43. The maximum absolute atomic E-state index is 12.5. The maximum atomic E-state index is 12.5. The second-order valence-electron chi connectivity index (χ2n) is 1.76. The van der Waals surface area contributed by atoms with E-state index in [2.05, 4.69) is 4.74 Å². The zero-order valence-electron chi connectivity index (χ0n) is 4.68. The zero-order valence-corrected chi connectivity index (χ0v) is 6.94. The first-order valence-electron chi connectivity index (χ1n) is 2.29. The molecular formula is C4Cl3F3O. The first-order chi connectivity index (χ1) is 4.77. The van der Waals surface area contributed by atoms with Crippen molar-refractivity contribution in [3.8, 4) is 0 Å². The molecule has 0 aromatic carbocycles. The van der Waals surface area contributed by atoms with Gasteiger partial charge in [-0.2, -0.15) is 13.2 Å². The van der Waals surface area contributed by atoms with Crippen LogP contribution < -0.4 is 0 Å². The molecule has 1 atom stereocenters. The van der Waals surface area contributed by atoms with Gasteiger partial charge in [0.05, 0.1) is 0 Å². The minimum absolute atomic E-state index is 1.04. The van der Waals surface area contributed by atoms with E-state index in [0.717, 1.165) is 0 Å². The molecule has 1 unspecified atom stereocenters. The fraction of sp³-hybridized carbons (Fsp3) is 0.500. The summed E-state index contributed by atoms with van der Waals surface area (Å²) in [6, 6.07) is 0. The highest BCUT2D eigenvalue weighted by atomic mass is 35.5. The minimum Gasteiger partial charge on any atom is -0.260 e. The van der Waals surface area contributed by atoms with Gasteiger partial charge in [-0.25, -0.2) is 0 Å². The van der Waals surface area contributed by atoms with Gasteiger partial charge in [-0.1, -0.05) is 23.2 Å². The van der Waals surface area contributed by atoms with Crippen LogP contribution in [0.1, 0.15) is 0 Å². The Bertz CT molecular complexity index is 203. The summed E-state index contributed by atoms with van der Waals surface area (Å²) in [6.07, 6.45) is -3.94. The van der Waals surface area contributed by atoms with Crippen LogP contribution in [-0.2, 0) is 4.74 Å². The van der Waals surface area contributed by atoms with Crippen molar-refractivity contribution >= 4 is 34.8 Å². The predicted molar refractivity (Wildman–Crippen MR) is 34.5 cm³/mol. The van der Waals surface area contributed by atoms with Crippen molar-refractivity contribution in [1.82, 2.24) is 0 Å². The second-order valence-corrected chi connectivity index (χ2v) is 3.01. The van der Waals surface area contributed by atoms with E-state index in [4.69, 9.17) is 34.8 Å². The van der Waals surface area contributed by atoms with Crippen molar-refractivity contribution in [1.29, 1.82) is 0 Å². The number of halogens is 6. The molecule has 11 heavy (non-hydrogen) atoms.